The van der Waals surface area contributed by atoms with Crippen molar-refractivity contribution in [3.05, 3.63) is 47.1 Å². The van der Waals surface area contributed by atoms with Crippen LogP contribution in [0.2, 0.25) is 0 Å². The maximum absolute atomic E-state index is 12.9. The van der Waals surface area contributed by atoms with Gasteiger partial charge in [0.2, 0.25) is 0 Å². The summed E-state index contributed by atoms with van der Waals surface area (Å²) < 4.78 is 40.5. The predicted octanol–water partition coefficient (Wildman–Crippen LogP) is 4.15. The van der Waals surface area contributed by atoms with Gasteiger partial charge >= 0.3 is 6.18 Å². The molecule has 3 rings (SSSR count). The molecule has 0 atom stereocenters. The number of nitrogens with one attached hydrogen (secondary N) is 1. The molecule has 3 aromatic rings. The number of hydrogen-bond donors (Lipinski definition) is 1. The number of benzene rings is 1. The van der Waals surface area contributed by atoms with Crippen LogP contribution in [0.4, 0.5) is 13.2 Å². The normalized spacial score (nSPS) is 12.1. The number of nitrogens with zero attached hydrogens (tertiary/aromatic N) is 3. The van der Waals surface area contributed by atoms with E-state index in [1.165, 1.54) is 17.4 Å². The number of alkyl halides is 3. The third-order valence-corrected chi connectivity index (χ3v) is 5.38. The molecule has 0 aliphatic rings. The standard InChI is InChI=1S/C19H21F3N4OS/c1-3-25(4-2)9-8-23-17(27)16-12-28-18-24-15(11-26(16)18)13-6-5-7-14(10-13)19(20,21)22/h5-7,10-12H,3-4,8-9H2,1-2H3,(H,23,27). The monoisotopic (exact) mass is 410 g/mol. The number of likely N-dealkylation sites (N-methyl/N-ethyl adjacent to an activating group) is 1. The van der Waals surface area contributed by atoms with E-state index in [9.17, 15) is 18.0 Å². The Labute approximate surface area is 164 Å². The number of carbonyl (C=O) groups excluding carboxylic acids is 1. The molecule has 0 radical (unpaired) electrons. The van der Waals surface area contributed by atoms with E-state index in [1.807, 2.05) is 0 Å². The van der Waals surface area contributed by atoms with Crippen LogP contribution in [0.15, 0.2) is 35.8 Å². The van der Waals surface area contributed by atoms with Crippen molar-refractivity contribution in [2.45, 2.75) is 20.0 Å². The maximum atomic E-state index is 12.9. The molecule has 9 heteroatoms. The van der Waals surface area contributed by atoms with Crippen molar-refractivity contribution in [1.82, 2.24) is 19.6 Å². The molecule has 1 amide bonds. The van der Waals surface area contributed by atoms with Crippen LogP contribution < -0.4 is 5.32 Å². The largest absolute Gasteiger partial charge is 0.416 e. The van der Waals surface area contributed by atoms with Crippen molar-refractivity contribution in [1.29, 1.82) is 0 Å². The first-order chi connectivity index (χ1) is 13.3. The molecule has 150 valence electrons. The minimum Gasteiger partial charge on any atom is -0.349 e. The molecule has 0 saturated heterocycles. The zero-order valence-corrected chi connectivity index (χ0v) is 16.4. The summed E-state index contributed by atoms with van der Waals surface area (Å²) in [5.74, 6) is -0.230. The summed E-state index contributed by atoms with van der Waals surface area (Å²) in [6.45, 7) is 7.23. The lowest BCUT2D eigenvalue weighted by molar-refractivity contribution is -0.137. The lowest BCUT2D eigenvalue weighted by Crippen LogP contribution is -2.35. The van der Waals surface area contributed by atoms with Gasteiger partial charge < -0.3 is 10.2 Å². The first-order valence-corrected chi connectivity index (χ1v) is 9.86. The number of rotatable bonds is 7. The number of halogens is 3. The second kappa shape index (κ2) is 8.32. The summed E-state index contributed by atoms with van der Waals surface area (Å²) in [7, 11) is 0. The number of imidazole rings is 1. The van der Waals surface area contributed by atoms with Gasteiger partial charge in [0, 0.05) is 30.2 Å². The van der Waals surface area contributed by atoms with Crippen LogP contribution in [0.1, 0.15) is 29.9 Å². The third-order valence-electron chi connectivity index (χ3n) is 4.54. The number of aromatic nitrogens is 2. The topological polar surface area (TPSA) is 49.6 Å². The van der Waals surface area contributed by atoms with E-state index in [0.29, 0.717) is 28.5 Å². The van der Waals surface area contributed by atoms with E-state index in [0.717, 1.165) is 31.8 Å². The highest BCUT2D eigenvalue weighted by Gasteiger charge is 2.30. The van der Waals surface area contributed by atoms with E-state index >= 15 is 0 Å². The number of hydrogen-bond acceptors (Lipinski definition) is 4. The molecule has 0 saturated carbocycles. The van der Waals surface area contributed by atoms with E-state index in [4.69, 9.17) is 0 Å². The van der Waals surface area contributed by atoms with E-state index in [1.54, 1.807) is 22.0 Å². The van der Waals surface area contributed by atoms with Gasteiger partial charge in [-0.15, -0.1) is 11.3 Å². The van der Waals surface area contributed by atoms with Crippen molar-refractivity contribution in [2.75, 3.05) is 26.2 Å². The number of amides is 1. The molecule has 2 aromatic heterocycles. The van der Waals surface area contributed by atoms with Crippen LogP contribution in [-0.2, 0) is 6.18 Å². The van der Waals surface area contributed by atoms with Gasteiger partial charge in [-0.2, -0.15) is 13.2 Å². The molecule has 2 heterocycles. The lowest BCUT2D eigenvalue weighted by atomic mass is 10.1. The predicted molar refractivity (Wildman–Crippen MR) is 104 cm³/mol. The van der Waals surface area contributed by atoms with Gasteiger partial charge in [-0.1, -0.05) is 26.0 Å². The SMILES string of the molecule is CCN(CC)CCNC(=O)c1csc2nc(-c3cccc(C(F)(F)F)c3)cn12. The summed E-state index contributed by atoms with van der Waals surface area (Å²) in [4.78, 5) is 19.6. The first-order valence-electron chi connectivity index (χ1n) is 8.98. The number of thiazole rings is 1. The summed E-state index contributed by atoms with van der Waals surface area (Å²) in [5.41, 5.74) is 0.453. The minimum absolute atomic E-state index is 0.230. The summed E-state index contributed by atoms with van der Waals surface area (Å²) in [6, 6.07) is 5.02. The van der Waals surface area contributed by atoms with E-state index in [-0.39, 0.29) is 5.91 Å². The maximum Gasteiger partial charge on any atom is 0.416 e. The smallest absolute Gasteiger partial charge is 0.349 e. The van der Waals surface area contributed by atoms with Crippen molar-refractivity contribution < 1.29 is 18.0 Å². The Hall–Kier alpha value is -2.39. The molecule has 5 nitrogen and oxygen atoms in total. The second-order valence-electron chi connectivity index (χ2n) is 6.26. The van der Waals surface area contributed by atoms with Crippen LogP contribution in [0.25, 0.3) is 16.2 Å². The van der Waals surface area contributed by atoms with Crippen LogP contribution in [0, 0.1) is 0 Å². The van der Waals surface area contributed by atoms with Gasteiger partial charge in [-0.3, -0.25) is 9.20 Å². The fourth-order valence-electron chi connectivity index (χ4n) is 2.90. The number of carbonyl (C=O) groups is 1. The fourth-order valence-corrected chi connectivity index (χ4v) is 3.75. The molecule has 0 aliphatic carbocycles. The average molecular weight is 410 g/mol. The Bertz CT molecular complexity index is 960. The zero-order valence-electron chi connectivity index (χ0n) is 15.6. The molecular weight excluding hydrogens is 389 g/mol. The molecule has 28 heavy (non-hydrogen) atoms. The van der Waals surface area contributed by atoms with Crippen LogP contribution >= 0.6 is 11.3 Å². The summed E-state index contributed by atoms with van der Waals surface area (Å²) in [5, 5.41) is 4.58. The Kier molecular flexibility index (Phi) is 6.04. The summed E-state index contributed by atoms with van der Waals surface area (Å²) >= 11 is 1.27. The molecule has 0 bridgehead atoms. The van der Waals surface area contributed by atoms with Gasteiger partial charge in [-0.05, 0) is 25.2 Å². The van der Waals surface area contributed by atoms with Crippen molar-refractivity contribution in [2.24, 2.45) is 0 Å². The van der Waals surface area contributed by atoms with Crippen LogP contribution in [0.3, 0.4) is 0 Å². The van der Waals surface area contributed by atoms with E-state index in [2.05, 4.69) is 29.0 Å². The van der Waals surface area contributed by atoms with Gasteiger partial charge in [0.25, 0.3) is 5.91 Å². The first kappa shape index (κ1) is 20.3. The average Bonchev–Trinajstić information content (AvgIpc) is 3.25. The van der Waals surface area contributed by atoms with Gasteiger partial charge in [0.1, 0.15) is 5.69 Å². The van der Waals surface area contributed by atoms with Crippen molar-refractivity contribution in [3.63, 3.8) is 0 Å². The highest BCUT2D eigenvalue weighted by Crippen LogP contribution is 2.32. The zero-order chi connectivity index (χ0) is 20.3. The molecule has 1 aromatic carbocycles. The molecule has 1 N–H and O–H groups in total. The highest BCUT2D eigenvalue weighted by atomic mass is 32.1. The third kappa shape index (κ3) is 4.36. The molecular formula is C19H21F3N4OS. The molecule has 0 spiro atoms. The van der Waals surface area contributed by atoms with Crippen molar-refractivity contribution in [3.8, 4) is 11.3 Å². The highest BCUT2D eigenvalue weighted by molar-refractivity contribution is 7.15. The van der Waals surface area contributed by atoms with Gasteiger partial charge in [-0.25, -0.2) is 4.98 Å². The molecule has 0 fully saturated rings. The molecule has 0 unspecified atom stereocenters. The van der Waals surface area contributed by atoms with Crippen molar-refractivity contribution >= 4 is 22.2 Å². The molecule has 0 aliphatic heterocycles. The fraction of sp³-hybridized carbons (Fsp3) is 0.368. The van der Waals surface area contributed by atoms with E-state index < -0.39 is 11.7 Å². The quantitative estimate of drug-likeness (QED) is 0.637. The Morgan fingerprint density at radius 2 is 2.04 bits per heavy atom. The lowest BCUT2D eigenvalue weighted by Gasteiger charge is -2.17. The minimum atomic E-state index is -4.41. The Balaban J connectivity index is 1.79. The van der Waals surface area contributed by atoms with Crippen LogP contribution in [0.5, 0.6) is 0 Å². The summed E-state index contributed by atoms with van der Waals surface area (Å²) in [6.07, 6.45) is -2.82. The Morgan fingerprint density at radius 1 is 1.29 bits per heavy atom. The van der Waals surface area contributed by atoms with Crippen LogP contribution in [-0.4, -0.2) is 46.4 Å². The van der Waals surface area contributed by atoms with Gasteiger partial charge in [0.15, 0.2) is 4.96 Å². The van der Waals surface area contributed by atoms with Gasteiger partial charge in [0.05, 0.1) is 11.3 Å². The Morgan fingerprint density at radius 3 is 2.71 bits per heavy atom. The second-order valence-corrected chi connectivity index (χ2v) is 7.10. The number of fused-ring (bicyclic) bond motifs is 1.